The molecule has 0 fully saturated rings. The molecule has 10 heteroatoms. The second-order valence-corrected chi connectivity index (χ2v) is 7.11. The molecule has 1 heterocycles. The van der Waals surface area contributed by atoms with Crippen LogP contribution >= 0.6 is 15.9 Å². The third kappa shape index (κ3) is 4.23. The van der Waals surface area contributed by atoms with Gasteiger partial charge in [-0.05, 0) is 29.8 Å². The number of hydrogen-bond donors (Lipinski definition) is 1. The van der Waals surface area contributed by atoms with Crippen molar-refractivity contribution in [2.24, 2.45) is 5.10 Å². The molecule has 29 heavy (non-hydrogen) atoms. The van der Waals surface area contributed by atoms with E-state index in [1.807, 2.05) is 0 Å². The summed E-state index contributed by atoms with van der Waals surface area (Å²) in [6.45, 7) is -0.768. The number of rotatable bonds is 5. The first-order valence-electron chi connectivity index (χ1n) is 8.37. The van der Waals surface area contributed by atoms with E-state index in [-0.39, 0.29) is 16.5 Å². The maximum atomic E-state index is 13.6. The van der Waals surface area contributed by atoms with Gasteiger partial charge in [0, 0.05) is 4.47 Å². The molecule has 1 atom stereocenters. The van der Waals surface area contributed by atoms with Gasteiger partial charge in [-0.3, -0.25) is 4.79 Å². The van der Waals surface area contributed by atoms with Crippen LogP contribution in [0.15, 0.2) is 58.1 Å². The van der Waals surface area contributed by atoms with E-state index < -0.39 is 30.8 Å². The van der Waals surface area contributed by atoms with Crippen molar-refractivity contribution in [2.45, 2.75) is 18.3 Å². The van der Waals surface area contributed by atoms with Crippen molar-refractivity contribution in [1.82, 2.24) is 5.01 Å². The molecule has 0 saturated carbocycles. The summed E-state index contributed by atoms with van der Waals surface area (Å²) in [5, 5.41) is 14.1. The molecule has 2 aromatic carbocycles. The summed E-state index contributed by atoms with van der Waals surface area (Å²) in [6, 6.07) is 12.7. The van der Waals surface area contributed by atoms with E-state index in [2.05, 4.69) is 21.0 Å². The molecule has 1 aliphatic heterocycles. The number of nitrogens with zero attached hydrogens (tertiary/aromatic N) is 2. The molecule has 1 aliphatic rings. The van der Waals surface area contributed by atoms with E-state index in [0.717, 1.165) is 4.47 Å². The average Bonchev–Trinajstić information content (AvgIpc) is 3.06. The van der Waals surface area contributed by atoms with Gasteiger partial charge in [0.25, 0.3) is 11.6 Å². The van der Waals surface area contributed by atoms with Crippen molar-refractivity contribution in [1.29, 1.82) is 0 Å². The Morgan fingerprint density at radius 1 is 1.21 bits per heavy atom. The predicted molar refractivity (Wildman–Crippen MR) is 102 cm³/mol. The van der Waals surface area contributed by atoms with E-state index in [9.17, 15) is 23.1 Å². The highest BCUT2D eigenvalue weighted by Crippen LogP contribution is 2.41. The molecule has 2 aromatic rings. The van der Waals surface area contributed by atoms with Gasteiger partial charge >= 0.3 is 6.18 Å². The van der Waals surface area contributed by atoms with Gasteiger partial charge in [-0.2, -0.15) is 23.3 Å². The first-order valence-corrected chi connectivity index (χ1v) is 9.16. The highest BCUT2D eigenvalue weighted by atomic mass is 79.9. The largest absolute Gasteiger partial charge is 0.493 e. The van der Waals surface area contributed by atoms with Crippen molar-refractivity contribution in [2.75, 3.05) is 13.7 Å². The topological polar surface area (TPSA) is 71.4 Å². The lowest BCUT2D eigenvalue weighted by Gasteiger charge is -2.32. The first kappa shape index (κ1) is 21.1. The number of para-hydroxylation sites is 2. The Labute approximate surface area is 172 Å². The quantitative estimate of drug-likeness (QED) is 0.719. The van der Waals surface area contributed by atoms with E-state index in [4.69, 9.17) is 9.47 Å². The Bertz CT molecular complexity index is 934. The summed E-state index contributed by atoms with van der Waals surface area (Å²) in [5.74, 6) is -0.662. The van der Waals surface area contributed by atoms with Crippen LogP contribution in [0.25, 0.3) is 0 Å². The minimum absolute atomic E-state index is 0.0415. The Hall–Kier alpha value is -2.59. The van der Waals surface area contributed by atoms with Crippen molar-refractivity contribution >= 4 is 27.5 Å². The molecule has 0 spiro atoms. The molecular weight excluding hydrogens is 457 g/mol. The number of aliphatic hydroxyl groups is 1. The molecule has 3 rings (SSSR count). The molecule has 154 valence electrons. The van der Waals surface area contributed by atoms with Gasteiger partial charge in [-0.1, -0.05) is 40.2 Å². The van der Waals surface area contributed by atoms with Crippen LogP contribution in [0.3, 0.4) is 0 Å². The minimum Gasteiger partial charge on any atom is -0.493 e. The third-order valence-corrected chi connectivity index (χ3v) is 4.80. The highest BCUT2D eigenvalue weighted by Gasteiger charge is 2.63. The third-order valence-electron chi connectivity index (χ3n) is 4.27. The number of amides is 1. The summed E-state index contributed by atoms with van der Waals surface area (Å²) >= 11 is 3.24. The van der Waals surface area contributed by atoms with E-state index in [0.29, 0.717) is 11.3 Å². The Morgan fingerprint density at radius 3 is 2.41 bits per heavy atom. The number of carbonyl (C=O) groups excluding carboxylic acids is 1. The number of carbonyl (C=O) groups is 1. The van der Waals surface area contributed by atoms with Gasteiger partial charge in [0.15, 0.2) is 18.1 Å². The molecule has 6 nitrogen and oxygen atoms in total. The second kappa shape index (κ2) is 8.03. The first-order chi connectivity index (χ1) is 13.7. The molecule has 0 saturated heterocycles. The van der Waals surface area contributed by atoms with Crippen molar-refractivity contribution in [3.8, 4) is 11.5 Å². The lowest BCUT2D eigenvalue weighted by molar-refractivity contribution is -0.302. The van der Waals surface area contributed by atoms with E-state index in [1.165, 1.54) is 13.2 Å². The van der Waals surface area contributed by atoms with Crippen molar-refractivity contribution in [3.05, 3.63) is 58.6 Å². The number of halogens is 4. The molecule has 0 bridgehead atoms. The zero-order valence-electron chi connectivity index (χ0n) is 15.1. The Balaban J connectivity index is 1.86. The lowest BCUT2D eigenvalue weighted by atomic mass is 10.0. The van der Waals surface area contributed by atoms with Gasteiger partial charge in [-0.25, -0.2) is 0 Å². The number of alkyl halides is 3. The van der Waals surface area contributed by atoms with Crippen LogP contribution in [0.5, 0.6) is 11.5 Å². The number of hydrogen-bond acceptors (Lipinski definition) is 5. The van der Waals surface area contributed by atoms with Gasteiger partial charge in [0.05, 0.1) is 19.2 Å². The monoisotopic (exact) mass is 472 g/mol. The van der Waals surface area contributed by atoms with Crippen LogP contribution in [0.2, 0.25) is 0 Å². The van der Waals surface area contributed by atoms with Crippen molar-refractivity contribution in [3.63, 3.8) is 0 Å². The SMILES string of the molecule is COc1ccccc1OCC(=O)N1N=C(c2ccc(Br)cc2)C[C@@]1(O)C(F)(F)F. The normalized spacial score (nSPS) is 19.1. The average molecular weight is 473 g/mol. The van der Waals surface area contributed by atoms with Crippen LogP contribution in [0.4, 0.5) is 13.2 Å². The summed E-state index contributed by atoms with van der Waals surface area (Å²) in [5.41, 5.74) is -3.17. The standard InChI is InChI=1S/C19H16BrF3N2O4/c1-28-15-4-2-3-5-16(15)29-11-17(26)25-18(27,19(21,22)23)10-14(24-25)12-6-8-13(20)9-7-12/h2-9,27H,10-11H2,1H3/t18-/m1/s1. The van der Waals surface area contributed by atoms with Gasteiger partial charge in [0.2, 0.25) is 0 Å². The molecule has 0 aromatic heterocycles. The van der Waals surface area contributed by atoms with Crippen LogP contribution in [0, 0.1) is 0 Å². The Morgan fingerprint density at radius 2 is 1.83 bits per heavy atom. The van der Waals surface area contributed by atoms with Crippen molar-refractivity contribution < 1.29 is 32.5 Å². The smallest absolute Gasteiger partial charge is 0.438 e. The van der Waals surface area contributed by atoms with Crippen LogP contribution in [-0.2, 0) is 4.79 Å². The van der Waals surface area contributed by atoms with E-state index in [1.54, 1.807) is 42.5 Å². The molecule has 1 amide bonds. The molecule has 0 aliphatic carbocycles. The number of hydrazone groups is 1. The summed E-state index contributed by atoms with van der Waals surface area (Å²) in [4.78, 5) is 12.5. The van der Waals surface area contributed by atoms with Crippen LogP contribution in [-0.4, -0.2) is 47.4 Å². The number of ether oxygens (including phenoxy) is 2. The van der Waals surface area contributed by atoms with Crippen LogP contribution < -0.4 is 9.47 Å². The second-order valence-electron chi connectivity index (χ2n) is 6.19. The molecule has 0 radical (unpaired) electrons. The molecular formula is C19H16BrF3N2O4. The fourth-order valence-corrected chi connectivity index (χ4v) is 3.03. The number of methoxy groups -OCH3 is 1. The Kier molecular flexibility index (Phi) is 5.85. The highest BCUT2D eigenvalue weighted by molar-refractivity contribution is 9.10. The summed E-state index contributed by atoms with van der Waals surface area (Å²) in [6.07, 6.45) is -6.01. The molecule has 0 unspecified atom stereocenters. The fraction of sp³-hybridized carbons (Fsp3) is 0.263. The maximum Gasteiger partial charge on any atom is 0.438 e. The fourth-order valence-electron chi connectivity index (χ4n) is 2.77. The van der Waals surface area contributed by atoms with Gasteiger partial charge < -0.3 is 14.6 Å². The van der Waals surface area contributed by atoms with E-state index >= 15 is 0 Å². The number of benzene rings is 2. The molecule has 1 N–H and O–H groups in total. The van der Waals surface area contributed by atoms with Crippen LogP contribution in [0.1, 0.15) is 12.0 Å². The van der Waals surface area contributed by atoms with Gasteiger partial charge in [-0.15, -0.1) is 0 Å². The zero-order chi connectivity index (χ0) is 21.2. The zero-order valence-corrected chi connectivity index (χ0v) is 16.7. The summed E-state index contributed by atoms with van der Waals surface area (Å²) in [7, 11) is 1.39. The predicted octanol–water partition coefficient (Wildman–Crippen LogP) is 3.72. The maximum absolute atomic E-state index is 13.6. The summed E-state index contributed by atoms with van der Waals surface area (Å²) < 4.78 is 51.9. The van der Waals surface area contributed by atoms with Gasteiger partial charge in [0.1, 0.15) is 0 Å². The minimum atomic E-state index is -5.12. The lowest BCUT2D eigenvalue weighted by Crippen LogP contribution is -2.57.